The number of aromatic nitrogens is 1. The number of amides is 1. The van der Waals surface area contributed by atoms with E-state index in [1.54, 1.807) is 6.20 Å². The average molecular weight is 248 g/mol. The van der Waals surface area contributed by atoms with Gasteiger partial charge in [-0.3, -0.25) is 4.79 Å². The van der Waals surface area contributed by atoms with Crippen molar-refractivity contribution in [3.63, 3.8) is 0 Å². The van der Waals surface area contributed by atoms with Crippen molar-refractivity contribution in [2.24, 2.45) is 0 Å². The molecule has 0 bridgehead atoms. The molecule has 1 amide bonds. The summed E-state index contributed by atoms with van der Waals surface area (Å²) < 4.78 is 0. The van der Waals surface area contributed by atoms with Crippen LogP contribution in [0.25, 0.3) is 0 Å². The van der Waals surface area contributed by atoms with Gasteiger partial charge in [0.15, 0.2) is 5.82 Å². The van der Waals surface area contributed by atoms with Crippen LogP contribution in [0.5, 0.6) is 0 Å². The zero-order valence-corrected chi connectivity index (χ0v) is 10.8. The number of carbonyl (C=O) groups excluding carboxylic acids is 1. The number of hydrogen-bond donors (Lipinski definition) is 1. The highest BCUT2D eigenvalue weighted by atomic mass is 16.2. The summed E-state index contributed by atoms with van der Waals surface area (Å²) in [5.41, 5.74) is 6.61. The quantitative estimate of drug-likeness (QED) is 0.870. The molecule has 5 nitrogen and oxygen atoms in total. The van der Waals surface area contributed by atoms with Crippen LogP contribution in [-0.2, 0) is 4.79 Å². The molecule has 1 aliphatic heterocycles. The third-order valence-electron chi connectivity index (χ3n) is 3.21. The lowest BCUT2D eigenvalue weighted by Crippen LogP contribution is -2.49. The first-order valence-electron chi connectivity index (χ1n) is 6.45. The maximum Gasteiger partial charge on any atom is 0.222 e. The summed E-state index contributed by atoms with van der Waals surface area (Å²) in [5.74, 6) is 1.09. The van der Waals surface area contributed by atoms with E-state index in [0.29, 0.717) is 12.1 Å². The van der Waals surface area contributed by atoms with E-state index >= 15 is 0 Å². The van der Waals surface area contributed by atoms with E-state index in [1.165, 1.54) is 0 Å². The summed E-state index contributed by atoms with van der Waals surface area (Å²) in [5, 5.41) is 0. The first-order valence-corrected chi connectivity index (χ1v) is 6.45. The van der Waals surface area contributed by atoms with Crippen LogP contribution in [0.3, 0.4) is 0 Å². The number of carbonyl (C=O) groups is 1. The van der Waals surface area contributed by atoms with Crippen LogP contribution in [0.2, 0.25) is 0 Å². The van der Waals surface area contributed by atoms with E-state index in [2.05, 4.69) is 9.88 Å². The van der Waals surface area contributed by atoms with Gasteiger partial charge in [0, 0.05) is 38.8 Å². The fourth-order valence-corrected chi connectivity index (χ4v) is 2.21. The van der Waals surface area contributed by atoms with E-state index in [-0.39, 0.29) is 5.91 Å². The van der Waals surface area contributed by atoms with Gasteiger partial charge in [0.2, 0.25) is 5.91 Å². The average Bonchev–Trinajstić information content (AvgIpc) is 2.40. The van der Waals surface area contributed by atoms with Crippen molar-refractivity contribution >= 4 is 17.4 Å². The van der Waals surface area contributed by atoms with E-state index in [9.17, 15) is 4.79 Å². The zero-order chi connectivity index (χ0) is 13.0. The van der Waals surface area contributed by atoms with Gasteiger partial charge in [-0.1, -0.05) is 6.92 Å². The Balaban J connectivity index is 1.95. The predicted molar refractivity (Wildman–Crippen MR) is 72.4 cm³/mol. The standard InChI is InChI=1S/C13H20N4O/c1-2-4-12(18)16-7-9-17(10-8-16)13-11(14)5-3-6-15-13/h3,5-6H,2,4,7-10,14H2,1H3. The Bertz CT molecular complexity index is 413. The molecule has 18 heavy (non-hydrogen) atoms. The van der Waals surface area contributed by atoms with Crippen molar-refractivity contribution in [2.45, 2.75) is 19.8 Å². The highest BCUT2D eigenvalue weighted by Crippen LogP contribution is 2.20. The fourth-order valence-electron chi connectivity index (χ4n) is 2.21. The van der Waals surface area contributed by atoms with Crippen LogP contribution in [0.15, 0.2) is 18.3 Å². The Hall–Kier alpha value is -1.78. The summed E-state index contributed by atoms with van der Waals surface area (Å²) in [7, 11) is 0. The van der Waals surface area contributed by atoms with Crippen LogP contribution >= 0.6 is 0 Å². The molecule has 2 N–H and O–H groups in total. The Morgan fingerprint density at radius 1 is 1.39 bits per heavy atom. The van der Waals surface area contributed by atoms with Crippen molar-refractivity contribution in [1.29, 1.82) is 0 Å². The molecule has 0 aromatic carbocycles. The molecule has 2 heterocycles. The van der Waals surface area contributed by atoms with Gasteiger partial charge >= 0.3 is 0 Å². The largest absolute Gasteiger partial charge is 0.396 e. The fraction of sp³-hybridized carbons (Fsp3) is 0.538. The summed E-state index contributed by atoms with van der Waals surface area (Å²) in [6.45, 7) is 5.15. The molecule has 5 heteroatoms. The third kappa shape index (κ3) is 2.72. The van der Waals surface area contributed by atoms with Gasteiger partial charge in [0.05, 0.1) is 5.69 Å². The molecule has 1 aromatic rings. The molecule has 1 fully saturated rings. The number of hydrogen-bond acceptors (Lipinski definition) is 4. The van der Waals surface area contributed by atoms with Gasteiger partial charge in [0.1, 0.15) is 0 Å². The number of piperazine rings is 1. The summed E-state index contributed by atoms with van der Waals surface area (Å²) >= 11 is 0. The van der Waals surface area contributed by atoms with Gasteiger partial charge in [-0.2, -0.15) is 0 Å². The Morgan fingerprint density at radius 2 is 2.11 bits per heavy atom. The van der Waals surface area contributed by atoms with Crippen LogP contribution in [0.4, 0.5) is 11.5 Å². The number of nitrogens with two attached hydrogens (primary N) is 1. The highest BCUT2D eigenvalue weighted by molar-refractivity contribution is 5.76. The van der Waals surface area contributed by atoms with Crippen LogP contribution in [-0.4, -0.2) is 42.0 Å². The molecular weight excluding hydrogens is 228 g/mol. The highest BCUT2D eigenvalue weighted by Gasteiger charge is 2.21. The van der Waals surface area contributed by atoms with E-state index in [4.69, 9.17) is 5.73 Å². The van der Waals surface area contributed by atoms with Crippen LogP contribution < -0.4 is 10.6 Å². The number of pyridine rings is 1. The van der Waals surface area contributed by atoms with Crippen LogP contribution in [0, 0.1) is 0 Å². The molecule has 0 spiro atoms. The second-order valence-electron chi connectivity index (χ2n) is 4.53. The summed E-state index contributed by atoms with van der Waals surface area (Å²) in [4.78, 5) is 20.2. The second-order valence-corrected chi connectivity index (χ2v) is 4.53. The third-order valence-corrected chi connectivity index (χ3v) is 3.21. The molecule has 1 aliphatic rings. The molecule has 0 unspecified atom stereocenters. The maximum absolute atomic E-state index is 11.8. The molecule has 1 aromatic heterocycles. The Kier molecular flexibility index (Phi) is 4.02. The van der Waals surface area contributed by atoms with Crippen molar-refractivity contribution < 1.29 is 4.79 Å². The van der Waals surface area contributed by atoms with Crippen molar-refractivity contribution in [2.75, 3.05) is 36.8 Å². The molecule has 0 atom stereocenters. The maximum atomic E-state index is 11.8. The first kappa shape index (κ1) is 12.7. The predicted octanol–water partition coefficient (Wildman–Crippen LogP) is 1.11. The lowest BCUT2D eigenvalue weighted by Gasteiger charge is -2.35. The normalized spacial score (nSPS) is 15.8. The minimum absolute atomic E-state index is 0.256. The van der Waals surface area contributed by atoms with Crippen molar-refractivity contribution in [3.05, 3.63) is 18.3 Å². The summed E-state index contributed by atoms with van der Waals surface area (Å²) in [6.07, 6.45) is 3.30. The number of anilines is 2. The number of rotatable bonds is 3. The second kappa shape index (κ2) is 5.71. The minimum Gasteiger partial charge on any atom is -0.396 e. The van der Waals surface area contributed by atoms with Gasteiger partial charge in [-0.15, -0.1) is 0 Å². The first-order chi connectivity index (χ1) is 8.72. The number of nitrogen functional groups attached to an aromatic ring is 1. The van der Waals surface area contributed by atoms with E-state index in [0.717, 1.165) is 38.4 Å². The molecule has 1 saturated heterocycles. The molecule has 0 saturated carbocycles. The molecule has 2 rings (SSSR count). The lowest BCUT2D eigenvalue weighted by molar-refractivity contribution is -0.131. The SMILES string of the molecule is CCCC(=O)N1CCN(c2ncccc2N)CC1. The topological polar surface area (TPSA) is 62.5 Å². The lowest BCUT2D eigenvalue weighted by atomic mass is 10.2. The van der Waals surface area contributed by atoms with Crippen LogP contribution in [0.1, 0.15) is 19.8 Å². The minimum atomic E-state index is 0.256. The number of nitrogens with zero attached hydrogens (tertiary/aromatic N) is 3. The molecular formula is C13H20N4O. The molecule has 0 radical (unpaired) electrons. The Labute approximate surface area is 108 Å². The smallest absolute Gasteiger partial charge is 0.222 e. The summed E-state index contributed by atoms with van der Waals surface area (Å²) in [6, 6.07) is 3.69. The molecule has 98 valence electrons. The monoisotopic (exact) mass is 248 g/mol. The van der Waals surface area contributed by atoms with Gasteiger partial charge in [-0.25, -0.2) is 4.98 Å². The van der Waals surface area contributed by atoms with Gasteiger partial charge in [-0.05, 0) is 18.6 Å². The van der Waals surface area contributed by atoms with Gasteiger partial charge in [0.25, 0.3) is 0 Å². The van der Waals surface area contributed by atoms with Gasteiger partial charge < -0.3 is 15.5 Å². The zero-order valence-electron chi connectivity index (χ0n) is 10.8. The van der Waals surface area contributed by atoms with E-state index < -0.39 is 0 Å². The van der Waals surface area contributed by atoms with Crippen molar-refractivity contribution in [3.8, 4) is 0 Å². The van der Waals surface area contributed by atoms with E-state index in [1.807, 2.05) is 24.0 Å². The van der Waals surface area contributed by atoms with Crippen molar-refractivity contribution in [1.82, 2.24) is 9.88 Å². The Morgan fingerprint density at radius 3 is 2.72 bits per heavy atom. The molecule has 0 aliphatic carbocycles.